The Morgan fingerprint density at radius 1 is 1.53 bits per heavy atom. The van der Waals surface area contributed by atoms with Crippen molar-refractivity contribution in [3.63, 3.8) is 0 Å². The Morgan fingerprint density at radius 2 is 2.27 bits per heavy atom. The maximum absolute atomic E-state index is 5.84. The van der Waals surface area contributed by atoms with E-state index in [1.807, 2.05) is 0 Å². The average Bonchev–Trinajstić information content (AvgIpc) is 2.48. The quantitative estimate of drug-likeness (QED) is 0.796. The largest absolute Gasteiger partial charge is 0.369 e. The molecule has 15 heavy (non-hydrogen) atoms. The number of morpholine rings is 1. The van der Waals surface area contributed by atoms with Gasteiger partial charge in [-0.2, -0.15) is 0 Å². The summed E-state index contributed by atoms with van der Waals surface area (Å²) < 4.78 is 6.66. The van der Waals surface area contributed by atoms with Crippen LogP contribution in [0.4, 0.5) is 5.13 Å². The number of ether oxygens (including phenoxy) is 1. The number of hydrogen-bond acceptors (Lipinski definition) is 5. The van der Waals surface area contributed by atoms with Crippen molar-refractivity contribution < 1.29 is 4.74 Å². The fourth-order valence-electron chi connectivity index (χ4n) is 1.93. The molecule has 0 bridgehead atoms. The topological polar surface area (TPSA) is 38.2 Å². The van der Waals surface area contributed by atoms with Crippen LogP contribution in [0, 0.1) is 0 Å². The van der Waals surface area contributed by atoms with Crippen LogP contribution in [-0.2, 0) is 4.74 Å². The minimum Gasteiger partial charge on any atom is -0.369 e. The molecule has 1 aliphatic rings. The molecule has 1 fully saturated rings. The van der Waals surface area contributed by atoms with E-state index in [0.717, 1.165) is 22.1 Å². The summed E-state index contributed by atoms with van der Waals surface area (Å²) >= 11 is 4.89. The molecule has 4 nitrogen and oxygen atoms in total. The third-order valence-corrected chi connectivity index (χ3v) is 3.65. The average molecular weight is 292 g/mol. The summed E-state index contributed by atoms with van der Waals surface area (Å²) in [4.78, 5) is 2.23. The number of anilines is 1. The van der Waals surface area contributed by atoms with Crippen molar-refractivity contribution in [3.8, 4) is 0 Å². The van der Waals surface area contributed by atoms with Gasteiger partial charge in [0.15, 0.2) is 3.92 Å². The fourth-order valence-corrected chi connectivity index (χ4v) is 3.02. The molecule has 1 saturated heterocycles. The maximum atomic E-state index is 5.84. The van der Waals surface area contributed by atoms with E-state index < -0.39 is 0 Å². The molecule has 0 saturated carbocycles. The van der Waals surface area contributed by atoms with Gasteiger partial charge in [-0.15, -0.1) is 10.2 Å². The van der Waals surface area contributed by atoms with Gasteiger partial charge < -0.3 is 9.64 Å². The summed E-state index contributed by atoms with van der Waals surface area (Å²) in [5.41, 5.74) is -0.115. The van der Waals surface area contributed by atoms with Gasteiger partial charge >= 0.3 is 0 Å². The molecule has 6 heteroatoms. The van der Waals surface area contributed by atoms with Crippen LogP contribution in [0.2, 0.25) is 0 Å². The van der Waals surface area contributed by atoms with Crippen molar-refractivity contribution in [1.82, 2.24) is 10.2 Å². The number of nitrogens with zero attached hydrogens (tertiary/aromatic N) is 3. The van der Waals surface area contributed by atoms with Crippen molar-refractivity contribution in [2.24, 2.45) is 0 Å². The first kappa shape index (κ1) is 11.3. The second-order valence-corrected chi connectivity index (χ2v) is 6.64. The predicted molar refractivity (Wildman–Crippen MR) is 64.4 cm³/mol. The highest BCUT2D eigenvalue weighted by atomic mass is 79.9. The molecule has 1 atom stereocenters. The molecule has 1 unspecified atom stereocenters. The van der Waals surface area contributed by atoms with Gasteiger partial charge in [0.2, 0.25) is 5.13 Å². The monoisotopic (exact) mass is 291 g/mol. The highest BCUT2D eigenvalue weighted by Crippen LogP contribution is 2.29. The predicted octanol–water partition coefficient (Wildman–Crippen LogP) is 2.30. The van der Waals surface area contributed by atoms with Crippen LogP contribution in [-0.4, -0.2) is 35.0 Å². The standard InChI is InChI=1S/C9H14BrN3OS/c1-6-4-13(5-9(2,3)14-6)8-12-11-7(10)15-8/h6H,4-5H2,1-3H3. The highest BCUT2D eigenvalue weighted by molar-refractivity contribution is 9.11. The van der Waals surface area contributed by atoms with E-state index in [9.17, 15) is 0 Å². The second-order valence-electron chi connectivity index (χ2n) is 4.41. The third-order valence-electron chi connectivity index (χ3n) is 2.23. The lowest BCUT2D eigenvalue weighted by Crippen LogP contribution is -2.52. The number of hydrogen-bond donors (Lipinski definition) is 0. The van der Waals surface area contributed by atoms with E-state index in [4.69, 9.17) is 4.74 Å². The summed E-state index contributed by atoms with van der Waals surface area (Å²) in [6.07, 6.45) is 0.233. The van der Waals surface area contributed by atoms with Crippen LogP contribution in [0.5, 0.6) is 0 Å². The Kier molecular flexibility index (Phi) is 3.00. The number of rotatable bonds is 1. The first-order valence-electron chi connectivity index (χ1n) is 4.88. The summed E-state index contributed by atoms with van der Waals surface area (Å²) in [6, 6.07) is 0. The van der Waals surface area contributed by atoms with E-state index in [2.05, 4.69) is 51.8 Å². The smallest absolute Gasteiger partial charge is 0.209 e. The molecule has 1 aromatic rings. The molecule has 0 amide bonds. The Hall–Kier alpha value is -0.200. The number of halogens is 1. The van der Waals surface area contributed by atoms with Crippen LogP contribution in [0.1, 0.15) is 20.8 Å². The zero-order chi connectivity index (χ0) is 11.1. The van der Waals surface area contributed by atoms with E-state index in [1.54, 1.807) is 11.3 Å². The van der Waals surface area contributed by atoms with E-state index in [-0.39, 0.29) is 11.7 Å². The van der Waals surface area contributed by atoms with Gasteiger partial charge in [0.1, 0.15) is 0 Å². The van der Waals surface area contributed by atoms with E-state index >= 15 is 0 Å². The van der Waals surface area contributed by atoms with Gasteiger partial charge in [-0.1, -0.05) is 11.3 Å². The molecule has 0 aromatic carbocycles. The summed E-state index contributed by atoms with van der Waals surface area (Å²) in [6.45, 7) is 8.03. The van der Waals surface area contributed by atoms with Crippen LogP contribution in [0.3, 0.4) is 0 Å². The first-order chi connectivity index (χ1) is 6.96. The fraction of sp³-hybridized carbons (Fsp3) is 0.778. The maximum Gasteiger partial charge on any atom is 0.209 e. The Balaban J connectivity index is 2.16. The lowest BCUT2D eigenvalue weighted by molar-refractivity contribution is -0.0750. The zero-order valence-corrected chi connectivity index (χ0v) is 11.4. The molecule has 0 radical (unpaired) electrons. The van der Waals surface area contributed by atoms with Gasteiger partial charge in [-0.25, -0.2) is 0 Å². The Labute approximate surface area is 102 Å². The van der Waals surface area contributed by atoms with Gasteiger partial charge in [-0.05, 0) is 36.7 Å². The summed E-state index contributed by atoms with van der Waals surface area (Å²) in [7, 11) is 0. The van der Waals surface area contributed by atoms with Gasteiger partial charge in [0.25, 0.3) is 0 Å². The molecule has 2 heterocycles. The van der Waals surface area contributed by atoms with Crippen molar-refractivity contribution >= 4 is 32.4 Å². The second kappa shape index (κ2) is 3.99. The Morgan fingerprint density at radius 3 is 2.80 bits per heavy atom. The zero-order valence-electron chi connectivity index (χ0n) is 9.03. The van der Waals surface area contributed by atoms with Crippen molar-refractivity contribution in [2.45, 2.75) is 32.5 Å². The normalized spacial score (nSPS) is 25.6. The minimum atomic E-state index is -0.115. The highest BCUT2D eigenvalue weighted by Gasteiger charge is 2.32. The molecule has 0 spiro atoms. The van der Waals surface area contributed by atoms with Crippen LogP contribution >= 0.6 is 27.3 Å². The van der Waals surface area contributed by atoms with Crippen molar-refractivity contribution in [1.29, 1.82) is 0 Å². The van der Waals surface area contributed by atoms with E-state index in [0.29, 0.717) is 0 Å². The molecular weight excluding hydrogens is 278 g/mol. The lowest BCUT2D eigenvalue weighted by Gasteiger charge is -2.41. The summed E-state index contributed by atoms with van der Waals surface area (Å²) in [5.74, 6) is 0. The van der Waals surface area contributed by atoms with Crippen molar-refractivity contribution in [3.05, 3.63) is 3.92 Å². The third kappa shape index (κ3) is 2.68. The van der Waals surface area contributed by atoms with Crippen LogP contribution < -0.4 is 4.90 Å². The summed E-state index contributed by atoms with van der Waals surface area (Å²) in [5, 5.41) is 9.06. The molecule has 1 aliphatic heterocycles. The molecular formula is C9H14BrN3OS. The molecule has 1 aromatic heterocycles. The van der Waals surface area contributed by atoms with E-state index in [1.165, 1.54) is 0 Å². The molecule has 0 aliphatic carbocycles. The molecule has 2 rings (SSSR count). The van der Waals surface area contributed by atoms with Crippen LogP contribution in [0.25, 0.3) is 0 Å². The van der Waals surface area contributed by atoms with Gasteiger partial charge in [-0.3, -0.25) is 0 Å². The van der Waals surface area contributed by atoms with Gasteiger partial charge in [0.05, 0.1) is 11.7 Å². The molecule has 84 valence electrons. The van der Waals surface area contributed by atoms with Gasteiger partial charge in [0, 0.05) is 13.1 Å². The molecule has 0 N–H and O–H groups in total. The van der Waals surface area contributed by atoms with Crippen LogP contribution in [0.15, 0.2) is 3.92 Å². The Bertz CT molecular complexity index is 355. The minimum absolute atomic E-state index is 0.115. The van der Waals surface area contributed by atoms with Crippen molar-refractivity contribution in [2.75, 3.05) is 18.0 Å². The number of aromatic nitrogens is 2. The SMILES string of the molecule is CC1CN(c2nnc(Br)s2)CC(C)(C)O1. The first-order valence-corrected chi connectivity index (χ1v) is 6.49. The lowest BCUT2D eigenvalue weighted by atomic mass is 10.1.